The summed E-state index contributed by atoms with van der Waals surface area (Å²) in [5.41, 5.74) is 0.453. The zero-order valence-corrected chi connectivity index (χ0v) is 12.8. The SMILES string of the molecule is CCCSc1cc(O)c(/C=N/N2CCCC2)nc1OC. The third-order valence-electron chi connectivity index (χ3n) is 3.04. The van der Waals surface area contributed by atoms with Gasteiger partial charge in [0.2, 0.25) is 5.88 Å². The largest absolute Gasteiger partial charge is 0.506 e. The molecule has 0 saturated carbocycles. The van der Waals surface area contributed by atoms with E-state index in [0.717, 1.165) is 30.2 Å². The summed E-state index contributed by atoms with van der Waals surface area (Å²) < 4.78 is 5.29. The zero-order valence-electron chi connectivity index (χ0n) is 12.0. The monoisotopic (exact) mass is 295 g/mol. The second kappa shape index (κ2) is 7.38. The van der Waals surface area contributed by atoms with Crippen LogP contribution in [0.2, 0.25) is 0 Å². The quantitative estimate of drug-likeness (QED) is 0.646. The minimum atomic E-state index is 0.146. The van der Waals surface area contributed by atoms with Crippen LogP contribution >= 0.6 is 11.8 Å². The van der Waals surface area contributed by atoms with Gasteiger partial charge in [0.15, 0.2) is 0 Å². The van der Waals surface area contributed by atoms with Crippen LogP contribution in [0.15, 0.2) is 16.1 Å². The van der Waals surface area contributed by atoms with Crippen molar-refractivity contribution in [3.8, 4) is 11.6 Å². The highest BCUT2D eigenvalue weighted by Crippen LogP contribution is 2.32. The molecule has 0 amide bonds. The summed E-state index contributed by atoms with van der Waals surface area (Å²) in [6.07, 6.45) is 5.02. The summed E-state index contributed by atoms with van der Waals surface area (Å²) in [4.78, 5) is 5.20. The molecule has 5 nitrogen and oxygen atoms in total. The highest BCUT2D eigenvalue weighted by molar-refractivity contribution is 7.99. The van der Waals surface area contributed by atoms with E-state index in [1.54, 1.807) is 31.2 Å². The van der Waals surface area contributed by atoms with Crippen LogP contribution in [0.5, 0.6) is 11.6 Å². The topological polar surface area (TPSA) is 58.0 Å². The third-order valence-corrected chi connectivity index (χ3v) is 4.26. The number of ether oxygens (including phenoxy) is 1. The van der Waals surface area contributed by atoms with E-state index in [1.807, 2.05) is 5.01 Å². The summed E-state index contributed by atoms with van der Waals surface area (Å²) in [5, 5.41) is 16.4. The molecule has 6 heteroatoms. The number of hydrogen-bond acceptors (Lipinski definition) is 6. The van der Waals surface area contributed by atoms with Gasteiger partial charge in [0.05, 0.1) is 18.2 Å². The second-order valence-corrected chi connectivity index (χ2v) is 5.79. The van der Waals surface area contributed by atoms with Crippen molar-refractivity contribution in [2.75, 3.05) is 26.0 Å². The summed E-state index contributed by atoms with van der Waals surface area (Å²) in [5.74, 6) is 1.66. The highest BCUT2D eigenvalue weighted by Gasteiger charge is 2.12. The van der Waals surface area contributed by atoms with Gasteiger partial charge in [-0.3, -0.25) is 5.01 Å². The predicted octanol–water partition coefficient (Wildman–Crippen LogP) is 2.73. The molecule has 2 heterocycles. The van der Waals surface area contributed by atoms with E-state index < -0.39 is 0 Å². The Labute approximate surface area is 124 Å². The summed E-state index contributed by atoms with van der Waals surface area (Å²) in [6, 6.07) is 1.71. The molecule has 1 fully saturated rings. The van der Waals surface area contributed by atoms with Gasteiger partial charge in [-0.15, -0.1) is 11.8 Å². The summed E-state index contributed by atoms with van der Waals surface area (Å²) in [7, 11) is 1.59. The first kappa shape index (κ1) is 15.0. The summed E-state index contributed by atoms with van der Waals surface area (Å²) in [6.45, 7) is 4.06. The Hall–Kier alpha value is -1.43. The standard InChI is InChI=1S/C14H21N3O2S/c1-3-8-20-13-9-12(18)11(16-14(13)19-2)10-15-17-6-4-5-7-17/h9-10,18H,3-8H2,1-2H3/b15-10+. The van der Waals surface area contributed by atoms with E-state index in [0.29, 0.717) is 11.6 Å². The molecule has 1 aromatic heterocycles. The van der Waals surface area contributed by atoms with E-state index in [1.165, 1.54) is 12.8 Å². The smallest absolute Gasteiger partial charge is 0.227 e. The molecule has 1 aliphatic heterocycles. The lowest BCUT2D eigenvalue weighted by atomic mass is 10.3. The molecular formula is C14H21N3O2S. The van der Waals surface area contributed by atoms with E-state index >= 15 is 0 Å². The van der Waals surface area contributed by atoms with Gasteiger partial charge in [-0.2, -0.15) is 5.10 Å². The maximum Gasteiger partial charge on any atom is 0.227 e. The van der Waals surface area contributed by atoms with Crippen LogP contribution < -0.4 is 4.74 Å². The Balaban J connectivity index is 2.16. The minimum absolute atomic E-state index is 0.146. The maximum atomic E-state index is 10.0. The Bertz CT molecular complexity index is 474. The number of methoxy groups -OCH3 is 1. The number of aromatic hydroxyl groups is 1. The van der Waals surface area contributed by atoms with Gasteiger partial charge in [0.25, 0.3) is 0 Å². The van der Waals surface area contributed by atoms with Crippen LogP contribution in [0.25, 0.3) is 0 Å². The molecule has 0 unspecified atom stereocenters. The van der Waals surface area contributed by atoms with Crippen LogP contribution in [0, 0.1) is 0 Å². The van der Waals surface area contributed by atoms with Crippen molar-refractivity contribution in [2.24, 2.45) is 5.10 Å². The Morgan fingerprint density at radius 1 is 1.50 bits per heavy atom. The molecule has 0 spiro atoms. The highest BCUT2D eigenvalue weighted by atomic mass is 32.2. The zero-order chi connectivity index (χ0) is 14.4. The van der Waals surface area contributed by atoms with Crippen molar-refractivity contribution in [3.63, 3.8) is 0 Å². The number of pyridine rings is 1. The molecule has 1 aromatic rings. The molecule has 2 rings (SSSR count). The Morgan fingerprint density at radius 3 is 2.90 bits per heavy atom. The van der Waals surface area contributed by atoms with Crippen molar-refractivity contribution in [1.82, 2.24) is 9.99 Å². The maximum absolute atomic E-state index is 10.0. The van der Waals surface area contributed by atoms with Gasteiger partial charge in [0.1, 0.15) is 11.4 Å². The Kier molecular flexibility index (Phi) is 5.52. The van der Waals surface area contributed by atoms with E-state index in [2.05, 4.69) is 17.0 Å². The number of hydrogen-bond donors (Lipinski definition) is 1. The second-order valence-electron chi connectivity index (χ2n) is 4.65. The molecule has 0 aromatic carbocycles. The lowest BCUT2D eigenvalue weighted by Crippen LogP contribution is -2.11. The average molecular weight is 295 g/mol. The van der Waals surface area contributed by atoms with Crippen molar-refractivity contribution >= 4 is 18.0 Å². The lowest BCUT2D eigenvalue weighted by molar-refractivity contribution is 0.361. The predicted molar refractivity (Wildman–Crippen MR) is 81.9 cm³/mol. The number of hydrazone groups is 1. The van der Waals surface area contributed by atoms with Crippen molar-refractivity contribution < 1.29 is 9.84 Å². The van der Waals surface area contributed by atoms with E-state index in [-0.39, 0.29) is 5.75 Å². The van der Waals surface area contributed by atoms with Crippen LogP contribution in [0.1, 0.15) is 31.9 Å². The molecule has 0 atom stereocenters. The molecule has 1 aliphatic rings. The third kappa shape index (κ3) is 3.79. The number of aromatic nitrogens is 1. The molecular weight excluding hydrogens is 274 g/mol. The fraction of sp³-hybridized carbons (Fsp3) is 0.571. The number of thioether (sulfide) groups is 1. The Morgan fingerprint density at radius 2 is 2.25 bits per heavy atom. The summed E-state index contributed by atoms with van der Waals surface area (Å²) >= 11 is 1.64. The fourth-order valence-corrected chi connectivity index (χ4v) is 2.86. The van der Waals surface area contributed by atoms with Gasteiger partial charge in [-0.25, -0.2) is 4.98 Å². The van der Waals surface area contributed by atoms with E-state index in [4.69, 9.17) is 4.74 Å². The first-order chi connectivity index (χ1) is 9.74. The van der Waals surface area contributed by atoms with Crippen molar-refractivity contribution in [3.05, 3.63) is 11.8 Å². The van der Waals surface area contributed by atoms with Gasteiger partial charge < -0.3 is 9.84 Å². The molecule has 1 saturated heterocycles. The van der Waals surface area contributed by atoms with Crippen LogP contribution in [-0.2, 0) is 0 Å². The molecule has 20 heavy (non-hydrogen) atoms. The lowest BCUT2D eigenvalue weighted by Gasteiger charge is -2.11. The first-order valence-corrected chi connectivity index (χ1v) is 7.93. The average Bonchev–Trinajstić information content (AvgIpc) is 2.97. The van der Waals surface area contributed by atoms with Gasteiger partial charge in [0, 0.05) is 19.2 Å². The number of rotatable bonds is 6. The van der Waals surface area contributed by atoms with Gasteiger partial charge in [-0.1, -0.05) is 6.92 Å². The number of nitrogens with zero attached hydrogens (tertiary/aromatic N) is 3. The molecule has 1 N–H and O–H groups in total. The van der Waals surface area contributed by atoms with Crippen molar-refractivity contribution in [2.45, 2.75) is 31.1 Å². The molecule has 0 bridgehead atoms. The molecule has 0 radical (unpaired) electrons. The van der Waals surface area contributed by atoms with Crippen molar-refractivity contribution in [1.29, 1.82) is 0 Å². The minimum Gasteiger partial charge on any atom is -0.506 e. The normalized spacial score (nSPS) is 15.2. The first-order valence-electron chi connectivity index (χ1n) is 6.94. The van der Waals surface area contributed by atoms with Crippen LogP contribution in [-0.4, -0.2) is 47.3 Å². The fourth-order valence-electron chi connectivity index (χ4n) is 1.99. The van der Waals surface area contributed by atoms with Crippen LogP contribution in [0.4, 0.5) is 0 Å². The van der Waals surface area contributed by atoms with Crippen LogP contribution in [0.3, 0.4) is 0 Å². The van der Waals surface area contributed by atoms with Gasteiger partial charge >= 0.3 is 0 Å². The molecule has 110 valence electrons. The van der Waals surface area contributed by atoms with E-state index in [9.17, 15) is 5.11 Å². The van der Waals surface area contributed by atoms with Gasteiger partial charge in [-0.05, 0) is 25.0 Å². The molecule has 0 aliphatic carbocycles.